The summed E-state index contributed by atoms with van der Waals surface area (Å²) in [6, 6.07) is 4.44. The molecule has 4 unspecified atom stereocenters. The number of amides is 2. The molecule has 0 spiro atoms. The van der Waals surface area contributed by atoms with Gasteiger partial charge in [-0.3, -0.25) is 19.5 Å². The molecular weight excluding hydrogens is 376 g/mol. The van der Waals surface area contributed by atoms with Crippen LogP contribution in [-0.2, 0) is 16.0 Å². The Morgan fingerprint density at radius 2 is 1.57 bits per heavy atom. The van der Waals surface area contributed by atoms with E-state index in [1.807, 2.05) is 0 Å². The first-order valence-corrected chi connectivity index (χ1v) is 11.0. The van der Waals surface area contributed by atoms with E-state index in [1.165, 1.54) is 27.2 Å². The molecule has 2 bridgehead atoms. The number of guanidine groups is 1. The Hall–Kier alpha value is -2.63. The van der Waals surface area contributed by atoms with Crippen molar-refractivity contribution in [3.63, 3.8) is 0 Å². The number of hydrogen-bond acceptors (Lipinski definition) is 3. The number of aliphatic imine (C=N–C) groups is 1. The van der Waals surface area contributed by atoms with Gasteiger partial charge in [0.1, 0.15) is 0 Å². The quantitative estimate of drug-likeness (QED) is 0.327. The van der Waals surface area contributed by atoms with Crippen LogP contribution >= 0.6 is 0 Å². The maximum Gasteiger partial charge on any atom is 0.233 e. The number of benzene rings is 1. The minimum Gasteiger partial charge on any atom is -0.356 e. The van der Waals surface area contributed by atoms with Crippen LogP contribution in [0, 0.1) is 44.4 Å². The minimum absolute atomic E-state index is 0.0110. The largest absolute Gasteiger partial charge is 0.356 e. The molecule has 1 aliphatic heterocycles. The van der Waals surface area contributed by atoms with Gasteiger partial charge >= 0.3 is 0 Å². The van der Waals surface area contributed by atoms with Gasteiger partial charge in [-0.05, 0) is 62.1 Å². The maximum atomic E-state index is 12.7. The number of rotatable bonds is 6. The lowest BCUT2D eigenvalue weighted by atomic mass is 9.85. The molecule has 6 heteroatoms. The van der Waals surface area contributed by atoms with Crippen molar-refractivity contribution in [2.24, 2.45) is 28.7 Å². The van der Waals surface area contributed by atoms with E-state index in [4.69, 9.17) is 0 Å². The summed E-state index contributed by atoms with van der Waals surface area (Å²) in [5.74, 6) is 0.999. The smallest absolute Gasteiger partial charge is 0.233 e. The van der Waals surface area contributed by atoms with Crippen LogP contribution in [0.5, 0.6) is 0 Å². The zero-order chi connectivity index (χ0) is 21.4. The molecule has 2 aliphatic carbocycles. The summed E-state index contributed by atoms with van der Waals surface area (Å²) in [5, 5.41) is 6.58. The molecule has 2 N–H and O–H groups in total. The van der Waals surface area contributed by atoms with E-state index in [0.29, 0.717) is 19.0 Å². The highest BCUT2D eigenvalue weighted by molar-refractivity contribution is 6.06. The van der Waals surface area contributed by atoms with Gasteiger partial charge in [0.05, 0.1) is 11.8 Å². The van der Waals surface area contributed by atoms with Gasteiger partial charge in [0, 0.05) is 26.7 Å². The van der Waals surface area contributed by atoms with Gasteiger partial charge in [-0.25, -0.2) is 0 Å². The van der Waals surface area contributed by atoms with Crippen LogP contribution in [0.3, 0.4) is 0 Å². The van der Waals surface area contributed by atoms with E-state index in [-0.39, 0.29) is 35.5 Å². The maximum absolute atomic E-state index is 12.7. The van der Waals surface area contributed by atoms with Crippen LogP contribution < -0.4 is 10.6 Å². The average Bonchev–Trinajstić information content (AvgIpc) is 3.38. The van der Waals surface area contributed by atoms with Crippen LogP contribution in [-0.4, -0.2) is 49.4 Å². The molecule has 0 radical (unpaired) electrons. The van der Waals surface area contributed by atoms with Gasteiger partial charge in [0.15, 0.2) is 5.96 Å². The summed E-state index contributed by atoms with van der Waals surface area (Å²) in [4.78, 5) is 31.2. The summed E-state index contributed by atoms with van der Waals surface area (Å²) in [5.41, 5.74) is 5.29. The van der Waals surface area contributed by atoms with Crippen molar-refractivity contribution in [1.29, 1.82) is 0 Å². The summed E-state index contributed by atoms with van der Waals surface area (Å²) >= 11 is 0. The van der Waals surface area contributed by atoms with Crippen LogP contribution in [0.4, 0.5) is 0 Å². The lowest BCUT2D eigenvalue weighted by molar-refractivity contribution is -0.140. The molecular formula is C24H32N4O2. The molecule has 1 aromatic carbocycles. The van der Waals surface area contributed by atoms with E-state index in [9.17, 15) is 9.59 Å². The molecule has 1 heterocycles. The van der Waals surface area contributed by atoms with Crippen LogP contribution in [0.25, 0.3) is 0 Å². The molecule has 30 heavy (non-hydrogen) atoms. The highest BCUT2D eigenvalue weighted by Gasteiger charge is 2.58. The summed E-state index contributed by atoms with van der Waals surface area (Å²) in [7, 11) is 1.73. The summed E-state index contributed by atoms with van der Waals surface area (Å²) in [6.07, 6.45) is 6.14. The molecule has 4 atom stereocenters. The van der Waals surface area contributed by atoms with Crippen molar-refractivity contribution in [3.8, 4) is 0 Å². The zero-order valence-electron chi connectivity index (χ0n) is 18.4. The van der Waals surface area contributed by atoms with Gasteiger partial charge in [0.2, 0.25) is 11.8 Å². The minimum atomic E-state index is -0.120. The van der Waals surface area contributed by atoms with E-state index in [1.54, 1.807) is 7.05 Å². The fourth-order valence-electron chi connectivity index (χ4n) is 5.60. The number of imide groups is 1. The topological polar surface area (TPSA) is 73.8 Å². The van der Waals surface area contributed by atoms with Gasteiger partial charge in [0.25, 0.3) is 0 Å². The van der Waals surface area contributed by atoms with Gasteiger partial charge in [-0.15, -0.1) is 0 Å². The Morgan fingerprint density at radius 3 is 2.13 bits per heavy atom. The monoisotopic (exact) mass is 408 g/mol. The Bertz CT molecular complexity index is 867. The van der Waals surface area contributed by atoms with Crippen LogP contribution in [0.1, 0.15) is 28.7 Å². The van der Waals surface area contributed by atoms with E-state index in [0.717, 1.165) is 19.4 Å². The molecule has 160 valence electrons. The highest BCUT2D eigenvalue weighted by atomic mass is 16.2. The normalized spacial score (nSPS) is 27.2. The average molecular weight is 409 g/mol. The number of aryl methyl sites for hydroxylation is 3. The van der Waals surface area contributed by atoms with Gasteiger partial charge in [-0.1, -0.05) is 29.8 Å². The molecule has 1 aromatic rings. The molecule has 4 rings (SSSR count). The second-order valence-electron chi connectivity index (χ2n) is 8.88. The second-order valence-corrected chi connectivity index (χ2v) is 8.88. The third kappa shape index (κ3) is 3.64. The summed E-state index contributed by atoms with van der Waals surface area (Å²) < 4.78 is 0. The number of hydrogen-bond donors (Lipinski definition) is 2. The number of fused-ring (bicyclic) bond motifs is 5. The van der Waals surface area contributed by atoms with E-state index < -0.39 is 0 Å². The molecule has 6 nitrogen and oxygen atoms in total. The molecule has 0 aromatic heterocycles. The predicted octanol–water partition coefficient (Wildman–Crippen LogP) is 2.13. The van der Waals surface area contributed by atoms with Crippen molar-refractivity contribution in [1.82, 2.24) is 15.5 Å². The number of nitrogens with zero attached hydrogens (tertiary/aromatic N) is 2. The van der Waals surface area contributed by atoms with E-state index in [2.05, 4.69) is 60.7 Å². The van der Waals surface area contributed by atoms with Crippen molar-refractivity contribution in [2.45, 2.75) is 33.6 Å². The molecule has 2 amide bonds. The first kappa shape index (κ1) is 20.6. The molecule has 1 saturated carbocycles. The third-order valence-corrected chi connectivity index (χ3v) is 6.92. The lowest BCUT2D eigenvalue weighted by Crippen LogP contribution is -2.44. The lowest BCUT2D eigenvalue weighted by Gasteiger charge is -2.19. The number of likely N-dealkylation sites (tertiary alicyclic amines) is 1. The van der Waals surface area contributed by atoms with Crippen LogP contribution in [0.2, 0.25) is 0 Å². The SMILES string of the molecule is CN=C(NCCc1c(C)cc(C)cc1C)NCCN1C(=O)C2C3C=CC(C3)C2C1=O. The molecule has 3 aliphatic rings. The van der Waals surface area contributed by atoms with Crippen molar-refractivity contribution in [2.75, 3.05) is 26.7 Å². The fourth-order valence-corrected chi connectivity index (χ4v) is 5.60. The summed E-state index contributed by atoms with van der Waals surface area (Å²) in [6.45, 7) is 8.10. The standard InChI is InChI=1S/C24H32N4O2/c1-14-11-15(2)19(16(3)12-14)7-8-26-24(25-4)27-9-10-28-22(29)20-17-5-6-18(13-17)21(20)23(28)30/h5-6,11-12,17-18,20-21H,7-10,13H2,1-4H3,(H2,25,26,27). The van der Waals surface area contributed by atoms with Gasteiger partial charge in [-0.2, -0.15) is 0 Å². The number of allylic oxidation sites excluding steroid dienone is 2. The van der Waals surface area contributed by atoms with Crippen molar-refractivity contribution >= 4 is 17.8 Å². The van der Waals surface area contributed by atoms with E-state index >= 15 is 0 Å². The Labute approximate surface area is 178 Å². The zero-order valence-corrected chi connectivity index (χ0v) is 18.4. The highest BCUT2D eigenvalue weighted by Crippen LogP contribution is 2.52. The molecule has 2 fully saturated rings. The van der Waals surface area contributed by atoms with Crippen molar-refractivity contribution in [3.05, 3.63) is 46.5 Å². The van der Waals surface area contributed by atoms with Crippen molar-refractivity contribution < 1.29 is 9.59 Å². The second kappa shape index (κ2) is 8.25. The Balaban J connectivity index is 1.25. The number of nitrogens with one attached hydrogen (secondary N) is 2. The number of carbonyl (C=O) groups excluding carboxylic acids is 2. The fraction of sp³-hybridized carbons (Fsp3) is 0.542. The Morgan fingerprint density at radius 1 is 1.00 bits per heavy atom. The number of carbonyl (C=O) groups is 2. The third-order valence-electron chi connectivity index (χ3n) is 6.92. The predicted molar refractivity (Wildman–Crippen MR) is 118 cm³/mol. The Kier molecular flexibility index (Phi) is 5.67. The van der Waals surface area contributed by atoms with Crippen LogP contribution in [0.15, 0.2) is 29.3 Å². The van der Waals surface area contributed by atoms with Gasteiger partial charge < -0.3 is 10.6 Å². The first-order chi connectivity index (χ1) is 14.4. The molecule has 1 saturated heterocycles. The first-order valence-electron chi connectivity index (χ1n) is 11.0.